The van der Waals surface area contributed by atoms with Crippen molar-refractivity contribution in [2.24, 2.45) is 0 Å². The summed E-state index contributed by atoms with van der Waals surface area (Å²) in [6.45, 7) is 4.93. The number of unbranched alkanes of at least 4 members (excludes halogenated alkanes) is 57. The molecular weight excluding hydrogens is 1030 g/mol. The number of amides is 1. The molecule has 0 aliphatic heterocycles. The third-order valence-electron chi connectivity index (χ3n) is 17.9. The second-order valence-electron chi connectivity index (χ2n) is 26.3. The summed E-state index contributed by atoms with van der Waals surface area (Å²) in [4.78, 5) is 24.7. The number of esters is 1. The predicted molar refractivity (Wildman–Crippen MR) is 370 cm³/mol. The van der Waals surface area contributed by atoms with Crippen LogP contribution in [-0.4, -0.2) is 47.4 Å². The summed E-state index contributed by atoms with van der Waals surface area (Å²) in [5.41, 5.74) is 0. The van der Waals surface area contributed by atoms with Gasteiger partial charge in [0.05, 0.1) is 25.4 Å². The number of carbonyl (C=O) groups excluding carboxylic acids is 2. The van der Waals surface area contributed by atoms with Gasteiger partial charge in [-0.3, -0.25) is 9.59 Å². The highest BCUT2D eigenvalue weighted by molar-refractivity contribution is 5.76. The van der Waals surface area contributed by atoms with E-state index in [4.69, 9.17) is 4.74 Å². The van der Waals surface area contributed by atoms with Gasteiger partial charge < -0.3 is 20.3 Å². The van der Waals surface area contributed by atoms with Crippen LogP contribution in [0.4, 0.5) is 0 Å². The molecule has 0 saturated carbocycles. The Balaban J connectivity index is 3.38. The lowest BCUT2D eigenvalue weighted by atomic mass is 10.0. The number of hydrogen-bond acceptors (Lipinski definition) is 5. The SMILES string of the molecule is CCCCCC/C=C\C/C=C\CCCCCCCCCC(=O)OCCCCCCCCCCCCCCCCCCCCCCCCCCCCC(=O)NC(CO)C(O)/C=C/CCCCCCCCCCCCCCCCCCCCCCC. The zero-order valence-electron chi connectivity index (χ0n) is 56.9. The molecule has 3 N–H and O–H groups in total. The summed E-state index contributed by atoms with van der Waals surface area (Å²) >= 11 is 0. The molecule has 1 amide bonds. The molecule has 0 fully saturated rings. The van der Waals surface area contributed by atoms with Crippen molar-refractivity contribution in [3.05, 3.63) is 36.5 Å². The van der Waals surface area contributed by atoms with E-state index < -0.39 is 12.1 Å². The number of allylic oxidation sites excluding steroid dienone is 5. The van der Waals surface area contributed by atoms with E-state index in [2.05, 4.69) is 43.5 Å². The standard InChI is InChI=1S/C78H149NO5/c1-3-5-7-9-11-13-15-17-19-21-23-24-29-32-35-38-42-46-50-54-58-62-66-70-76(81)75(74-80)79-77(82)71-67-63-59-55-51-47-43-39-36-33-30-27-25-26-28-31-34-37-41-45-49-53-57-61-65-69-73-84-78(83)72-68-64-60-56-52-48-44-40-22-20-18-16-14-12-10-8-6-4-2/h14,16,20,22,66,70,75-76,80-81H,3-13,15,17-19,21,23-65,67-69,71-74H2,1-2H3,(H,79,82)/b16-14-,22-20-,70-66+. The average Bonchev–Trinajstić information content (AvgIpc) is 3.51. The van der Waals surface area contributed by atoms with Crippen LogP contribution in [0.5, 0.6) is 0 Å². The number of aliphatic hydroxyl groups is 2. The quantitative estimate of drug-likeness (QED) is 0.0320. The molecule has 0 rings (SSSR count). The maximum absolute atomic E-state index is 12.5. The zero-order valence-corrected chi connectivity index (χ0v) is 56.9. The van der Waals surface area contributed by atoms with Crippen LogP contribution in [0.25, 0.3) is 0 Å². The molecular formula is C78H149NO5. The van der Waals surface area contributed by atoms with Gasteiger partial charge >= 0.3 is 5.97 Å². The minimum atomic E-state index is -0.845. The van der Waals surface area contributed by atoms with Crippen molar-refractivity contribution in [1.29, 1.82) is 0 Å². The van der Waals surface area contributed by atoms with Crippen molar-refractivity contribution in [3.63, 3.8) is 0 Å². The molecule has 0 aromatic carbocycles. The lowest BCUT2D eigenvalue weighted by molar-refractivity contribution is -0.143. The van der Waals surface area contributed by atoms with Gasteiger partial charge in [-0.1, -0.05) is 384 Å². The predicted octanol–water partition coefficient (Wildman–Crippen LogP) is 25.0. The van der Waals surface area contributed by atoms with E-state index in [0.717, 1.165) is 51.4 Å². The smallest absolute Gasteiger partial charge is 0.305 e. The van der Waals surface area contributed by atoms with Gasteiger partial charge in [0.15, 0.2) is 0 Å². The molecule has 0 radical (unpaired) electrons. The van der Waals surface area contributed by atoms with E-state index >= 15 is 0 Å². The molecule has 6 nitrogen and oxygen atoms in total. The van der Waals surface area contributed by atoms with Gasteiger partial charge in [0, 0.05) is 12.8 Å². The molecule has 0 aromatic heterocycles. The van der Waals surface area contributed by atoms with E-state index in [0.29, 0.717) is 19.4 Å². The highest BCUT2D eigenvalue weighted by Crippen LogP contribution is 2.19. The Morgan fingerprint density at radius 1 is 0.333 bits per heavy atom. The van der Waals surface area contributed by atoms with Crippen LogP contribution in [0.15, 0.2) is 36.5 Å². The number of aliphatic hydroxyl groups excluding tert-OH is 2. The number of nitrogens with one attached hydrogen (secondary N) is 1. The Hall–Kier alpha value is -1.92. The highest BCUT2D eigenvalue weighted by Gasteiger charge is 2.18. The first-order valence-corrected chi connectivity index (χ1v) is 38.3. The molecule has 0 bridgehead atoms. The van der Waals surface area contributed by atoms with Gasteiger partial charge in [-0.25, -0.2) is 0 Å². The average molecular weight is 1180 g/mol. The Labute approximate surface area is 525 Å². The van der Waals surface area contributed by atoms with E-state index in [1.54, 1.807) is 6.08 Å². The molecule has 6 heteroatoms. The van der Waals surface area contributed by atoms with Crippen molar-refractivity contribution in [2.45, 2.75) is 437 Å². The minimum Gasteiger partial charge on any atom is -0.466 e. The summed E-state index contributed by atoms with van der Waals surface area (Å²) in [6.07, 6.45) is 95.3. The van der Waals surface area contributed by atoms with Crippen molar-refractivity contribution in [2.75, 3.05) is 13.2 Å². The van der Waals surface area contributed by atoms with E-state index in [1.165, 1.54) is 347 Å². The van der Waals surface area contributed by atoms with Crippen molar-refractivity contribution in [3.8, 4) is 0 Å². The summed E-state index contributed by atoms with van der Waals surface area (Å²) in [5.74, 6) is -0.0509. The molecule has 0 aromatic rings. The van der Waals surface area contributed by atoms with Crippen molar-refractivity contribution >= 4 is 11.9 Å². The molecule has 496 valence electrons. The molecule has 2 atom stereocenters. The van der Waals surface area contributed by atoms with E-state index in [1.807, 2.05) is 6.08 Å². The van der Waals surface area contributed by atoms with Gasteiger partial charge in [0.25, 0.3) is 0 Å². The van der Waals surface area contributed by atoms with E-state index in [-0.39, 0.29) is 18.5 Å². The molecule has 0 heterocycles. The number of rotatable bonds is 72. The van der Waals surface area contributed by atoms with Crippen molar-refractivity contribution < 1.29 is 24.5 Å². The summed E-state index contributed by atoms with van der Waals surface area (Å²) < 4.78 is 5.51. The van der Waals surface area contributed by atoms with Gasteiger partial charge in [-0.2, -0.15) is 0 Å². The van der Waals surface area contributed by atoms with Gasteiger partial charge in [0.1, 0.15) is 0 Å². The third-order valence-corrected chi connectivity index (χ3v) is 17.9. The summed E-state index contributed by atoms with van der Waals surface area (Å²) in [7, 11) is 0. The topological polar surface area (TPSA) is 95.9 Å². The highest BCUT2D eigenvalue weighted by atomic mass is 16.5. The molecule has 0 aliphatic carbocycles. The summed E-state index contributed by atoms with van der Waals surface area (Å²) in [6, 6.07) is -0.628. The number of hydrogen-bond donors (Lipinski definition) is 3. The first-order chi connectivity index (χ1) is 41.5. The molecule has 2 unspecified atom stereocenters. The van der Waals surface area contributed by atoms with Gasteiger partial charge in [-0.15, -0.1) is 0 Å². The first-order valence-electron chi connectivity index (χ1n) is 38.3. The van der Waals surface area contributed by atoms with Crippen LogP contribution in [0, 0.1) is 0 Å². The Kier molecular flexibility index (Phi) is 71.9. The first kappa shape index (κ1) is 82.1. The van der Waals surface area contributed by atoms with Crippen LogP contribution in [0.3, 0.4) is 0 Å². The number of carbonyl (C=O) groups is 2. The maximum atomic E-state index is 12.5. The Bertz CT molecular complexity index is 1360. The fourth-order valence-electron chi connectivity index (χ4n) is 12.1. The monoisotopic (exact) mass is 1180 g/mol. The molecule has 0 saturated heterocycles. The van der Waals surface area contributed by atoms with Crippen LogP contribution in [-0.2, 0) is 14.3 Å². The molecule has 84 heavy (non-hydrogen) atoms. The van der Waals surface area contributed by atoms with Gasteiger partial charge in [-0.05, 0) is 64.2 Å². The normalized spacial score (nSPS) is 12.7. The maximum Gasteiger partial charge on any atom is 0.305 e. The lowest BCUT2D eigenvalue weighted by Gasteiger charge is -2.20. The summed E-state index contributed by atoms with van der Waals surface area (Å²) in [5, 5.41) is 23.3. The fourth-order valence-corrected chi connectivity index (χ4v) is 12.1. The van der Waals surface area contributed by atoms with E-state index in [9.17, 15) is 19.8 Å². The second kappa shape index (κ2) is 73.5. The van der Waals surface area contributed by atoms with Crippen LogP contribution in [0.2, 0.25) is 0 Å². The molecule has 0 aliphatic rings. The molecule has 0 spiro atoms. The van der Waals surface area contributed by atoms with Gasteiger partial charge in [0.2, 0.25) is 5.91 Å². The largest absolute Gasteiger partial charge is 0.466 e. The fraction of sp³-hybridized carbons (Fsp3) is 0.897. The number of ether oxygens (including phenoxy) is 1. The third kappa shape index (κ3) is 69.2. The minimum absolute atomic E-state index is 0.0103. The Morgan fingerprint density at radius 3 is 0.917 bits per heavy atom. The zero-order chi connectivity index (χ0) is 60.6. The second-order valence-corrected chi connectivity index (χ2v) is 26.3. The van der Waals surface area contributed by atoms with Crippen LogP contribution in [0.1, 0.15) is 425 Å². The lowest BCUT2D eigenvalue weighted by Crippen LogP contribution is -2.45. The van der Waals surface area contributed by atoms with Crippen LogP contribution >= 0.6 is 0 Å². The van der Waals surface area contributed by atoms with Crippen molar-refractivity contribution in [1.82, 2.24) is 5.32 Å². The van der Waals surface area contributed by atoms with Crippen LogP contribution < -0.4 is 5.32 Å². The Morgan fingerprint density at radius 2 is 0.595 bits per heavy atom.